The third-order valence-corrected chi connectivity index (χ3v) is 4.80. The molecule has 29 heavy (non-hydrogen) atoms. The number of benzene rings is 1. The molecule has 0 radical (unpaired) electrons. The molecule has 6 nitrogen and oxygen atoms in total. The average molecular weight is 394 g/mol. The molecular formula is C23H26N2O4. The fourth-order valence-electron chi connectivity index (χ4n) is 3.27. The van der Waals surface area contributed by atoms with Gasteiger partial charge in [0.1, 0.15) is 0 Å². The van der Waals surface area contributed by atoms with E-state index in [0.29, 0.717) is 37.8 Å². The normalized spacial score (nSPS) is 17.4. The number of aliphatic hydroxyl groups excluding tert-OH is 1. The number of carbonyl (C=O) groups is 2. The molecule has 0 saturated carbocycles. The quantitative estimate of drug-likeness (QED) is 0.401. The molecule has 1 fully saturated rings. The van der Waals surface area contributed by atoms with Gasteiger partial charge in [0, 0.05) is 25.7 Å². The maximum Gasteiger partial charge on any atom is 0.303 e. The van der Waals surface area contributed by atoms with E-state index < -0.39 is 12.1 Å². The molecule has 1 amide bonds. The SMILES string of the molecule is N#Cc1ccccc1CC(O)/C=C/[C@H]1CCCC(=O)N1CC#CCCCC(=O)O. The van der Waals surface area contributed by atoms with E-state index in [4.69, 9.17) is 10.4 Å². The van der Waals surface area contributed by atoms with Crippen molar-refractivity contribution in [3.05, 3.63) is 47.5 Å². The predicted octanol–water partition coefficient (Wildman–Crippen LogP) is 2.66. The van der Waals surface area contributed by atoms with E-state index in [9.17, 15) is 14.7 Å². The van der Waals surface area contributed by atoms with Crippen LogP contribution in [0.5, 0.6) is 0 Å². The fourth-order valence-corrected chi connectivity index (χ4v) is 3.27. The van der Waals surface area contributed by atoms with Gasteiger partial charge in [-0.25, -0.2) is 0 Å². The Morgan fingerprint density at radius 3 is 2.90 bits per heavy atom. The fraction of sp³-hybridized carbons (Fsp3) is 0.435. The second kappa shape index (κ2) is 11.7. The van der Waals surface area contributed by atoms with Gasteiger partial charge in [-0.3, -0.25) is 9.59 Å². The molecular weight excluding hydrogens is 368 g/mol. The number of aliphatic carboxylic acids is 1. The van der Waals surface area contributed by atoms with Crippen molar-refractivity contribution in [3.8, 4) is 17.9 Å². The van der Waals surface area contributed by atoms with Crippen LogP contribution >= 0.6 is 0 Å². The summed E-state index contributed by atoms with van der Waals surface area (Å²) in [5.41, 5.74) is 1.34. The first-order valence-corrected chi connectivity index (χ1v) is 9.82. The number of hydrogen-bond donors (Lipinski definition) is 2. The summed E-state index contributed by atoms with van der Waals surface area (Å²) in [7, 11) is 0. The lowest BCUT2D eigenvalue weighted by Gasteiger charge is -2.32. The summed E-state index contributed by atoms with van der Waals surface area (Å²) in [4.78, 5) is 24.5. The molecule has 1 aliphatic heterocycles. The van der Waals surface area contributed by atoms with Crippen LogP contribution in [-0.4, -0.2) is 45.7 Å². The number of aliphatic hydroxyl groups is 1. The number of hydrogen-bond acceptors (Lipinski definition) is 4. The van der Waals surface area contributed by atoms with Crippen LogP contribution in [0.4, 0.5) is 0 Å². The number of carbonyl (C=O) groups excluding carboxylic acids is 1. The van der Waals surface area contributed by atoms with E-state index in [0.717, 1.165) is 18.4 Å². The van der Waals surface area contributed by atoms with Gasteiger partial charge in [-0.05, 0) is 30.9 Å². The summed E-state index contributed by atoms with van der Waals surface area (Å²) < 4.78 is 0. The Hall–Kier alpha value is -3.09. The standard InChI is InChI=1S/C23H26N2O4/c24-17-19-9-5-4-8-18(19)16-21(26)14-13-20-10-7-11-22(27)25(20)15-6-2-1-3-12-23(28)29/h4-5,8-9,13-14,20-21,26H,1,3,7,10-12,15-16H2,(H,28,29)/b14-13+/t20-,21?/m1/s1. The predicted molar refractivity (Wildman–Crippen MR) is 109 cm³/mol. The Bertz CT molecular complexity index is 844. The van der Waals surface area contributed by atoms with Crippen LogP contribution in [0.15, 0.2) is 36.4 Å². The largest absolute Gasteiger partial charge is 0.481 e. The van der Waals surface area contributed by atoms with Crippen molar-refractivity contribution in [1.82, 2.24) is 4.90 Å². The van der Waals surface area contributed by atoms with Crippen molar-refractivity contribution in [2.45, 2.75) is 57.1 Å². The van der Waals surface area contributed by atoms with E-state index >= 15 is 0 Å². The van der Waals surface area contributed by atoms with Crippen LogP contribution in [0, 0.1) is 23.2 Å². The van der Waals surface area contributed by atoms with Crippen LogP contribution in [0.3, 0.4) is 0 Å². The Balaban J connectivity index is 1.93. The average Bonchev–Trinajstić information content (AvgIpc) is 2.70. The van der Waals surface area contributed by atoms with Crippen LogP contribution in [0.1, 0.15) is 49.7 Å². The molecule has 152 valence electrons. The number of nitrogens with zero attached hydrogens (tertiary/aromatic N) is 2. The lowest BCUT2D eigenvalue weighted by Crippen LogP contribution is -2.42. The van der Waals surface area contributed by atoms with Crippen LogP contribution < -0.4 is 0 Å². The molecule has 1 heterocycles. The van der Waals surface area contributed by atoms with Gasteiger partial charge in [0.2, 0.25) is 5.91 Å². The highest BCUT2D eigenvalue weighted by molar-refractivity contribution is 5.78. The minimum Gasteiger partial charge on any atom is -0.481 e. The highest BCUT2D eigenvalue weighted by Gasteiger charge is 2.25. The Labute approximate surface area is 171 Å². The van der Waals surface area contributed by atoms with Crippen LogP contribution in [0.2, 0.25) is 0 Å². The molecule has 2 N–H and O–H groups in total. The van der Waals surface area contributed by atoms with Crippen molar-refractivity contribution >= 4 is 11.9 Å². The van der Waals surface area contributed by atoms with Gasteiger partial charge >= 0.3 is 5.97 Å². The summed E-state index contributed by atoms with van der Waals surface area (Å²) in [6.07, 6.45) is 6.30. The maximum atomic E-state index is 12.3. The van der Waals surface area contributed by atoms with E-state index in [1.54, 1.807) is 23.1 Å². The summed E-state index contributed by atoms with van der Waals surface area (Å²) >= 11 is 0. The molecule has 2 rings (SSSR count). The zero-order valence-electron chi connectivity index (χ0n) is 16.4. The number of likely N-dealkylation sites (tertiary alicyclic amines) is 1. The highest BCUT2D eigenvalue weighted by atomic mass is 16.4. The third-order valence-electron chi connectivity index (χ3n) is 4.80. The maximum absolute atomic E-state index is 12.3. The zero-order chi connectivity index (χ0) is 21.1. The number of nitriles is 1. The molecule has 0 aromatic heterocycles. The Morgan fingerprint density at radius 1 is 1.34 bits per heavy atom. The minimum absolute atomic E-state index is 0.0371. The van der Waals surface area contributed by atoms with Gasteiger partial charge in [-0.15, -0.1) is 5.92 Å². The molecule has 0 bridgehead atoms. The van der Waals surface area contributed by atoms with E-state index in [-0.39, 0.29) is 18.4 Å². The molecule has 6 heteroatoms. The Kier molecular flexibility index (Phi) is 8.95. The number of carboxylic acids is 1. The van der Waals surface area contributed by atoms with Gasteiger partial charge in [-0.1, -0.05) is 36.3 Å². The smallest absolute Gasteiger partial charge is 0.303 e. The van der Waals surface area contributed by atoms with Gasteiger partial charge in [-0.2, -0.15) is 5.26 Å². The first-order chi connectivity index (χ1) is 14.0. The number of rotatable bonds is 8. The molecule has 1 aliphatic rings. The molecule has 1 saturated heterocycles. The first-order valence-electron chi connectivity index (χ1n) is 9.82. The topological polar surface area (TPSA) is 102 Å². The lowest BCUT2D eigenvalue weighted by molar-refractivity contribution is -0.137. The van der Waals surface area contributed by atoms with Crippen molar-refractivity contribution in [2.75, 3.05) is 6.54 Å². The van der Waals surface area contributed by atoms with Crippen LogP contribution in [0.25, 0.3) is 0 Å². The van der Waals surface area contributed by atoms with E-state index in [1.165, 1.54) is 0 Å². The minimum atomic E-state index is -0.834. The van der Waals surface area contributed by atoms with Crippen LogP contribution in [-0.2, 0) is 16.0 Å². The summed E-state index contributed by atoms with van der Waals surface area (Å²) in [6.45, 7) is 0.300. The van der Waals surface area contributed by atoms with E-state index in [1.807, 2.05) is 18.2 Å². The zero-order valence-corrected chi connectivity index (χ0v) is 16.4. The number of amides is 1. The first kappa shape index (κ1) is 22.2. The molecule has 1 unspecified atom stereocenters. The molecule has 0 aliphatic carbocycles. The van der Waals surface area contributed by atoms with Crippen molar-refractivity contribution in [3.63, 3.8) is 0 Å². The third kappa shape index (κ3) is 7.44. The summed E-state index contributed by atoms with van der Waals surface area (Å²) in [5.74, 6) is 5.09. The van der Waals surface area contributed by atoms with Crippen molar-refractivity contribution < 1.29 is 19.8 Å². The summed E-state index contributed by atoms with van der Waals surface area (Å²) in [5, 5.41) is 28.1. The highest BCUT2D eigenvalue weighted by Crippen LogP contribution is 2.19. The van der Waals surface area contributed by atoms with Gasteiger partial charge in [0.15, 0.2) is 0 Å². The van der Waals surface area contributed by atoms with Gasteiger partial charge in [0.25, 0.3) is 0 Å². The molecule has 2 atom stereocenters. The monoisotopic (exact) mass is 394 g/mol. The lowest BCUT2D eigenvalue weighted by atomic mass is 9.98. The molecule has 1 aromatic rings. The van der Waals surface area contributed by atoms with Gasteiger partial charge < -0.3 is 15.1 Å². The molecule has 1 aromatic carbocycles. The summed E-state index contributed by atoms with van der Waals surface area (Å²) in [6, 6.07) is 9.18. The Morgan fingerprint density at radius 2 is 2.14 bits per heavy atom. The van der Waals surface area contributed by atoms with Gasteiger partial charge in [0.05, 0.1) is 30.3 Å². The van der Waals surface area contributed by atoms with Crippen molar-refractivity contribution in [2.24, 2.45) is 0 Å². The molecule has 0 spiro atoms. The second-order valence-corrected chi connectivity index (χ2v) is 7.01. The number of piperidine rings is 1. The number of unbranched alkanes of at least 4 members (excludes halogenated alkanes) is 1. The number of carboxylic acid groups (broad SMARTS) is 1. The second-order valence-electron chi connectivity index (χ2n) is 7.01. The van der Waals surface area contributed by atoms with E-state index in [2.05, 4.69) is 17.9 Å². The van der Waals surface area contributed by atoms with Crippen molar-refractivity contribution in [1.29, 1.82) is 5.26 Å².